The van der Waals surface area contributed by atoms with Crippen LogP contribution < -0.4 is 15.4 Å². The van der Waals surface area contributed by atoms with Gasteiger partial charge in [-0.1, -0.05) is 18.2 Å². The molecule has 9 heteroatoms. The molecule has 0 aliphatic rings. The van der Waals surface area contributed by atoms with Crippen LogP contribution in [0.1, 0.15) is 12.8 Å². The molecular formula is C21H24N2O7. The Bertz CT molecular complexity index is 840. The van der Waals surface area contributed by atoms with E-state index in [0.29, 0.717) is 23.6 Å². The Labute approximate surface area is 173 Å². The first-order chi connectivity index (χ1) is 14.4. The van der Waals surface area contributed by atoms with Gasteiger partial charge in [-0.25, -0.2) is 0 Å². The van der Waals surface area contributed by atoms with Crippen molar-refractivity contribution in [2.24, 2.45) is 0 Å². The van der Waals surface area contributed by atoms with Crippen molar-refractivity contribution in [2.45, 2.75) is 25.0 Å². The molecule has 30 heavy (non-hydrogen) atoms. The lowest BCUT2D eigenvalue weighted by Crippen LogP contribution is -2.47. The molecule has 0 fully saturated rings. The summed E-state index contributed by atoms with van der Waals surface area (Å²) >= 11 is 0. The van der Waals surface area contributed by atoms with E-state index < -0.39 is 30.0 Å². The average molecular weight is 416 g/mol. The predicted molar refractivity (Wildman–Crippen MR) is 108 cm³/mol. The van der Waals surface area contributed by atoms with Crippen LogP contribution in [0.4, 0.5) is 5.69 Å². The maximum atomic E-state index is 12.1. The van der Waals surface area contributed by atoms with E-state index in [0.717, 1.165) is 0 Å². The minimum absolute atomic E-state index is 0.0855. The van der Waals surface area contributed by atoms with Gasteiger partial charge in [-0.3, -0.25) is 14.4 Å². The number of ether oxygens (including phenoxy) is 2. The van der Waals surface area contributed by atoms with E-state index >= 15 is 0 Å². The van der Waals surface area contributed by atoms with Crippen molar-refractivity contribution >= 4 is 23.5 Å². The van der Waals surface area contributed by atoms with Crippen LogP contribution in [0.5, 0.6) is 11.5 Å². The normalized spacial score (nSPS) is 12.4. The molecule has 0 radical (unpaired) electrons. The molecule has 9 nitrogen and oxygen atoms in total. The molecule has 2 aromatic rings. The van der Waals surface area contributed by atoms with Gasteiger partial charge >= 0.3 is 5.97 Å². The largest absolute Gasteiger partial charge is 0.469 e. The summed E-state index contributed by atoms with van der Waals surface area (Å²) in [4.78, 5) is 34.9. The molecular weight excluding hydrogens is 392 g/mol. The number of hydrogen-bond acceptors (Lipinski definition) is 7. The molecule has 2 amide bonds. The van der Waals surface area contributed by atoms with Crippen LogP contribution in [0.25, 0.3) is 0 Å². The van der Waals surface area contributed by atoms with Crippen LogP contribution in [-0.4, -0.2) is 53.9 Å². The zero-order chi connectivity index (χ0) is 21.9. The van der Waals surface area contributed by atoms with E-state index in [4.69, 9.17) is 4.74 Å². The van der Waals surface area contributed by atoms with Crippen molar-refractivity contribution in [1.82, 2.24) is 5.32 Å². The molecule has 2 rings (SSSR count). The van der Waals surface area contributed by atoms with Crippen molar-refractivity contribution in [3.05, 3.63) is 54.6 Å². The van der Waals surface area contributed by atoms with E-state index in [1.165, 1.54) is 7.11 Å². The molecule has 0 saturated carbocycles. The number of amides is 2. The number of aliphatic hydroxyl groups is 2. The number of carbonyl (C=O) groups is 3. The number of aliphatic hydroxyl groups excluding tert-OH is 2. The summed E-state index contributed by atoms with van der Waals surface area (Å²) in [6.07, 6.45) is -3.53. The zero-order valence-corrected chi connectivity index (χ0v) is 16.4. The second kappa shape index (κ2) is 11.5. The Hall–Kier alpha value is -3.43. The molecule has 2 aromatic carbocycles. The number of methoxy groups -OCH3 is 1. The summed E-state index contributed by atoms with van der Waals surface area (Å²) in [6.45, 7) is 0.0855. The van der Waals surface area contributed by atoms with Gasteiger partial charge < -0.3 is 30.3 Å². The second-order valence-electron chi connectivity index (χ2n) is 6.29. The fourth-order valence-electron chi connectivity index (χ4n) is 2.38. The van der Waals surface area contributed by atoms with Crippen LogP contribution in [0.2, 0.25) is 0 Å². The summed E-state index contributed by atoms with van der Waals surface area (Å²) in [5.41, 5.74) is 0.352. The molecule has 0 heterocycles. The lowest BCUT2D eigenvalue weighted by Gasteiger charge is -2.17. The number of rotatable bonds is 10. The Balaban J connectivity index is 1.81. The highest BCUT2D eigenvalue weighted by atomic mass is 16.5. The third-order valence-electron chi connectivity index (χ3n) is 4.02. The van der Waals surface area contributed by atoms with E-state index in [-0.39, 0.29) is 13.0 Å². The maximum Gasteiger partial charge on any atom is 0.305 e. The number of hydrogen-bond donors (Lipinski definition) is 4. The van der Waals surface area contributed by atoms with E-state index in [1.807, 2.05) is 18.2 Å². The molecule has 0 saturated heterocycles. The number of esters is 1. The van der Waals surface area contributed by atoms with Gasteiger partial charge in [0.2, 0.25) is 0 Å². The molecule has 0 spiro atoms. The highest BCUT2D eigenvalue weighted by Gasteiger charge is 2.30. The minimum atomic E-state index is -1.97. The van der Waals surface area contributed by atoms with Gasteiger partial charge in [-0.2, -0.15) is 0 Å². The Morgan fingerprint density at radius 1 is 0.900 bits per heavy atom. The van der Waals surface area contributed by atoms with Gasteiger partial charge in [0.1, 0.15) is 11.5 Å². The fourth-order valence-corrected chi connectivity index (χ4v) is 2.38. The smallest absolute Gasteiger partial charge is 0.305 e. The van der Waals surface area contributed by atoms with Crippen LogP contribution in [0.3, 0.4) is 0 Å². The molecule has 2 atom stereocenters. The average Bonchev–Trinajstić information content (AvgIpc) is 2.77. The highest BCUT2D eigenvalue weighted by Crippen LogP contribution is 2.22. The monoisotopic (exact) mass is 416 g/mol. The Kier molecular flexibility index (Phi) is 8.79. The first-order valence-electron chi connectivity index (χ1n) is 9.25. The number of benzene rings is 2. The topological polar surface area (TPSA) is 134 Å². The van der Waals surface area contributed by atoms with Gasteiger partial charge in [0, 0.05) is 18.7 Å². The van der Waals surface area contributed by atoms with Crippen molar-refractivity contribution in [3.8, 4) is 11.5 Å². The van der Waals surface area contributed by atoms with Crippen molar-refractivity contribution in [1.29, 1.82) is 0 Å². The van der Waals surface area contributed by atoms with Crippen LogP contribution in [-0.2, 0) is 19.1 Å². The van der Waals surface area contributed by atoms with Crippen LogP contribution in [0, 0.1) is 0 Å². The molecule has 160 valence electrons. The lowest BCUT2D eigenvalue weighted by atomic mass is 10.1. The quantitative estimate of drug-likeness (QED) is 0.338. The molecule has 0 aliphatic carbocycles. The lowest BCUT2D eigenvalue weighted by molar-refractivity contribution is -0.143. The standard InChI is InChI=1S/C21H24N2O7/c1-29-17(24)8-5-13-22-20(27)18(25)19(26)21(28)23-14-9-11-16(12-10-14)30-15-6-3-2-4-7-15/h2-4,6-7,9-12,18-19,25-26H,5,8,13H2,1H3,(H,22,27)(H,23,28). The number of anilines is 1. The molecule has 0 aromatic heterocycles. The van der Waals surface area contributed by atoms with Gasteiger partial charge in [0.05, 0.1) is 7.11 Å². The SMILES string of the molecule is COC(=O)CCCNC(=O)C(O)C(O)C(=O)Nc1ccc(Oc2ccccc2)cc1. The summed E-state index contributed by atoms with van der Waals surface area (Å²) in [5, 5.41) is 24.5. The predicted octanol–water partition coefficient (Wildman–Crippen LogP) is 1.21. The molecule has 0 bridgehead atoms. The van der Waals surface area contributed by atoms with Gasteiger partial charge in [0.15, 0.2) is 12.2 Å². The zero-order valence-electron chi connectivity index (χ0n) is 16.4. The highest BCUT2D eigenvalue weighted by molar-refractivity contribution is 5.98. The summed E-state index contributed by atoms with van der Waals surface area (Å²) in [5.74, 6) is -1.08. The summed E-state index contributed by atoms with van der Waals surface area (Å²) < 4.78 is 10.1. The second-order valence-corrected chi connectivity index (χ2v) is 6.29. The van der Waals surface area contributed by atoms with Crippen LogP contribution >= 0.6 is 0 Å². The van der Waals surface area contributed by atoms with Crippen LogP contribution in [0.15, 0.2) is 54.6 Å². The van der Waals surface area contributed by atoms with Gasteiger partial charge in [-0.05, 0) is 42.8 Å². The number of carbonyl (C=O) groups excluding carboxylic acids is 3. The maximum absolute atomic E-state index is 12.1. The van der Waals surface area contributed by atoms with Gasteiger partial charge in [-0.15, -0.1) is 0 Å². The molecule has 0 aliphatic heterocycles. The van der Waals surface area contributed by atoms with Crippen molar-refractivity contribution in [3.63, 3.8) is 0 Å². The number of para-hydroxylation sites is 1. The van der Waals surface area contributed by atoms with E-state index in [2.05, 4.69) is 15.4 Å². The first kappa shape index (κ1) is 22.9. The van der Waals surface area contributed by atoms with Crippen molar-refractivity contribution in [2.75, 3.05) is 19.0 Å². The van der Waals surface area contributed by atoms with E-state index in [9.17, 15) is 24.6 Å². The summed E-state index contributed by atoms with van der Waals surface area (Å²) in [6, 6.07) is 15.5. The third kappa shape index (κ3) is 7.19. The molecule has 4 N–H and O–H groups in total. The third-order valence-corrected chi connectivity index (χ3v) is 4.02. The number of nitrogens with one attached hydrogen (secondary N) is 2. The Morgan fingerprint density at radius 3 is 2.13 bits per heavy atom. The van der Waals surface area contributed by atoms with Crippen molar-refractivity contribution < 1.29 is 34.1 Å². The van der Waals surface area contributed by atoms with Gasteiger partial charge in [0.25, 0.3) is 11.8 Å². The Morgan fingerprint density at radius 2 is 1.50 bits per heavy atom. The summed E-state index contributed by atoms with van der Waals surface area (Å²) in [7, 11) is 1.25. The molecule has 2 unspecified atom stereocenters. The minimum Gasteiger partial charge on any atom is -0.469 e. The first-order valence-corrected chi connectivity index (χ1v) is 9.25. The fraction of sp³-hybridized carbons (Fsp3) is 0.286. The van der Waals surface area contributed by atoms with E-state index in [1.54, 1.807) is 36.4 Å².